The molecule has 27 heteroatoms. The molecular weight excluding hydrogens is 1340 g/mol. The van der Waals surface area contributed by atoms with Gasteiger partial charge in [-0.15, -0.1) is 0 Å². The first-order valence-corrected chi connectivity index (χ1v) is 38.9. The number of amides is 3. The van der Waals surface area contributed by atoms with E-state index in [9.17, 15) is 64.5 Å². The zero-order chi connectivity index (χ0) is 72.6. The number of anilines is 1. The summed E-state index contributed by atoms with van der Waals surface area (Å²) >= 11 is 0. The molecule has 25 nitrogen and oxygen atoms in total. The molecule has 16 atom stereocenters. The highest BCUT2D eigenvalue weighted by molar-refractivity contribution is 8.76. The molecule has 7 aliphatic rings. The molecule has 101 heavy (non-hydrogen) atoms. The minimum Gasteiger partial charge on any atom is -0.496 e. The van der Waals surface area contributed by atoms with Gasteiger partial charge in [0.05, 0.1) is 43.9 Å². The first-order valence-electron chi connectivity index (χ1n) is 36.4. The van der Waals surface area contributed by atoms with Gasteiger partial charge in [-0.3, -0.25) is 33.8 Å². The average molecular weight is 1450 g/mol. The number of aromatic amines is 1. The smallest absolute Gasteiger partial charge is 0.407 e. The van der Waals surface area contributed by atoms with Gasteiger partial charge >= 0.3 is 12.1 Å². The van der Waals surface area contributed by atoms with Gasteiger partial charge in [0.1, 0.15) is 36.5 Å². The fourth-order valence-corrected chi connectivity index (χ4v) is 20.2. The van der Waals surface area contributed by atoms with Crippen LogP contribution >= 0.6 is 21.6 Å². The summed E-state index contributed by atoms with van der Waals surface area (Å²) < 4.78 is 23.2. The summed E-state index contributed by atoms with van der Waals surface area (Å²) in [7, 11) is 5.84. The number of unbranched alkanes of at least 4 members (excludes halogenated alkanes) is 6. The average Bonchev–Trinajstić information content (AvgIpc) is 1.50. The number of hydrogen-bond acceptors (Lipinski definition) is 22. The Morgan fingerprint density at radius 1 is 0.861 bits per heavy atom. The quantitative estimate of drug-likeness (QED) is 0.0145. The Morgan fingerprint density at radius 2 is 1.57 bits per heavy atom. The molecule has 2 aromatic carbocycles. The van der Waals surface area contributed by atoms with E-state index in [1.165, 1.54) is 23.3 Å². The van der Waals surface area contributed by atoms with Crippen LogP contribution in [0.15, 0.2) is 48.6 Å². The molecule has 7 heterocycles. The molecule has 558 valence electrons. The van der Waals surface area contributed by atoms with Crippen LogP contribution in [0.1, 0.15) is 166 Å². The number of aliphatic hydroxyl groups is 6. The lowest BCUT2D eigenvalue weighted by Crippen LogP contribution is -2.81. The standard InChI is InChI=1S/C74H107N7O18S2/c1-7-71(94)39-46-38-70(4,63-49(25-29-80(41-46)44-71)48-21-15-16-22-52(48)76-63)51-35-50-53(36-56(51)96-6)79(5)67-73(50)27-30-81-28-19-26-72(8-2,66(73)81)68(92)74(67,95)58(86)40-75-69(93)98-32-33-100-101-43-47(65(90)91)34-55(85)64(78-60(88)24-17-14-20-45(3)83)77-59(87)23-13-11-9-10-12-18-31-97-61-37-54(84)62(89)57(42-82)99-61/h15-16,19,21-22,26,35-36,46-47,54,57,61-62,64,66-68,76,82,84,89,92,94-95H,7-14,17-18,20,23-25,27-34,37-44H2,1-6H3,(H,75,93)(H,77,87)(H,78,88)(H,90,91)/t46-,47+,54+,57?,61?,62?,64+,66-,67+,68+,70+,71-,72+,73+,74-/m0/s1. The highest BCUT2D eigenvalue weighted by atomic mass is 33.1. The lowest BCUT2D eigenvalue weighted by atomic mass is 9.47. The molecule has 2 bridgehead atoms. The molecule has 1 aliphatic carbocycles. The second-order valence-corrected chi connectivity index (χ2v) is 32.2. The van der Waals surface area contributed by atoms with Crippen LogP contribution in [0.4, 0.5) is 10.5 Å². The number of Topliss-reactive ketones (excluding diaryl/α,β-unsaturated/α-hetero) is 3. The van der Waals surface area contributed by atoms with Gasteiger partial charge in [0.25, 0.3) is 0 Å². The number of para-hydroxylation sites is 1. The van der Waals surface area contributed by atoms with Crippen molar-refractivity contribution in [2.24, 2.45) is 17.3 Å². The molecule has 10 rings (SSSR count). The number of aliphatic hydroxyl groups excluding tert-OH is 4. The number of fused-ring (bicyclic) bond motifs is 6. The Balaban J connectivity index is 0.756. The number of nitrogens with one attached hydrogen (secondary N) is 4. The number of carboxylic acids is 1. The zero-order valence-corrected chi connectivity index (χ0v) is 61.0. The third-order valence-electron chi connectivity index (χ3n) is 23.0. The second kappa shape index (κ2) is 33.6. The highest BCUT2D eigenvalue weighted by Gasteiger charge is 2.78. The summed E-state index contributed by atoms with van der Waals surface area (Å²) in [5, 5.41) is 87.3. The van der Waals surface area contributed by atoms with Crippen LogP contribution in [0.2, 0.25) is 0 Å². The number of aliphatic carboxylic acids is 1. The van der Waals surface area contributed by atoms with Gasteiger partial charge in [0.15, 0.2) is 29.6 Å². The van der Waals surface area contributed by atoms with Gasteiger partial charge in [-0.05, 0) is 114 Å². The summed E-state index contributed by atoms with van der Waals surface area (Å²) in [6.45, 7) is 10.3. The second-order valence-electron chi connectivity index (χ2n) is 29.6. The number of hydrogen-bond donors (Lipinski definition) is 11. The molecule has 3 saturated heterocycles. The van der Waals surface area contributed by atoms with Gasteiger partial charge in [0.2, 0.25) is 11.8 Å². The van der Waals surface area contributed by atoms with Crippen LogP contribution < -0.4 is 25.6 Å². The van der Waals surface area contributed by atoms with Crippen LogP contribution in [0, 0.1) is 17.3 Å². The van der Waals surface area contributed by atoms with E-state index in [2.05, 4.69) is 68.8 Å². The summed E-state index contributed by atoms with van der Waals surface area (Å²) in [6.07, 6.45) is 4.73. The van der Waals surface area contributed by atoms with Crippen molar-refractivity contribution in [1.29, 1.82) is 0 Å². The van der Waals surface area contributed by atoms with Gasteiger partial charge in [-0.1, -0.05) is 91.5 Å². The first kappa shape index (κ1) is 77.9. The number of likely N-dealkylation sites (N-methyl/N-ethyl adjacent to an activating group) is 1. The van der Waals surface area contributed by atoms with E-state index in [1.807, 2.05) is 43.2 Å². The number of carbonyl (C=O) groups excluding carboxylic acids is 6. The largest absolute Gasteiger partial charge is 0.496 e. The number of aromatic nitrogens is 1. The maximum absolute atomic E-state index is 15.3. The van der Waals surface area contributed by atoms with Crippen LogP contribution in [0.5, 0.6) is 5.75 Å². The van der Waals surface area contributed by atoms with Crippen LogP contribution in [0.3, 0.4) is 0 Å². The Hall–Kier alpha value is -5.69. The summed E-state index contributed by atoms with van der Waals surface area (Å²) in [5.41, 5.74) is 0.0325. The molecule has 1 aromatic heterocycles. The fourth-order valence-electron chi connectivity index (χ4n) is 18.1. The molecule has 3 aromatic rings. The number of nitrogens with zero attached hydrogens (tertiary/aromatic N) is 3. The number of ketones is 3. The minimum absolute atomic E-state index is 0.0270. The number of carbonyl (C=O) groups is 7. The maximum atomic E-state index is 15.3. The third-order valence-corrected chi connectivity index (χ3v) is 25.4. The van der Waals surface area contributed by atoms with Crippen molar-refractivity contribution in [2.45, 2.75) is 221 Å². The van der Waals surface area contributed by atoms with Crippen molar-refractivity contribution < 1.29 is 88.3 Å². The number of methoxy groups -OCH3 is 1. The lowest BCUT2D eigenvalue weighted by molar-refractivity contribution is -0.256. The Bertz CT molecular complexity index is 3490. The summed E-state index contributed by atoms with van der Waals surface area (Å²) in [4.78, 5) is 104. The number of rotatable bonds is 35. The first-order chi connectivity index (χ1) is 48.3. The van der Waals surface area contributed by atoms with Gasteiger partial charge < -0.3 is 85.3 Å². The van der Waals surface area contributed by atoms with Crippen molar-refractivity contribution >= 4 is 79.4 Å². The van der Waals surface area contributed by atoms with Crippen molar-refractivity contribution in [1.82, 2.24) is 30.7 Å². The normalized spacial score (nSPS) is 30.9. The molecule has 1 spiro atoms. The van der Waals surface area contributed by atoms with Crippen LogP contribution in [0.25, 0.3) is 10.9 Å². The topological polar surface area (TPSA) is 360 Å². The van der Waals surface area contributed by atoms with Gasteiger partial charge in [0, 0.05) is 140 Å². The minimum atomic E-state index is -2.44. The molecule has 0 radical (unpaired) electrons. The van der Waals surface area contributed by atoms with Crippen molar-refractivity contribution in [2.75, 3.05) is 89.7 Å². The number of H-pyrrole nitrogens is 1. The molecule has 4 fully saturated rings. The van der Waals surface area contributed by atoms with E-state index in [-0.39, 0.29) is 61.5 Å². The van der Waals surface area contributed by atoms with E-state index in [0.29, 0.717) is 96.2 Å². The lowest BCUT2D eigenvalue weighted by Gasteiger charge is -2.63. The predicted molar refractivity (Wildman–Crippen MR) is 382 cm³/mol. The predicted octanol–water partition coefficient (Wildman–Crippen LogP) is 5.72. The number of alkyl carbamates (subject to hydrolysis) is 1. The molecular formula is C74H107N7O18S2. The SMILES string of the molecule is CC[C@]1(O)C[C@H]2CN(CCc3c([nH]c4ccccc34)[C@@](C)(c3cc4c(cc3OC)N(C)[C@H]3[C@@](O)(C(=O)CNC(=O)OCCSSC[C@@H](CC(=O)[C@H](NC(=O)CCCCCCCCOC5C[C@@H](O)C(O)C(CO)O5)NC(=O)CCCCC(C)=O)C(=O)O)[C@H](O)[C@]5(CC)C=CCN6CC[C@]43[C@@H]65)C2)C1. The fraction of sp³-hybridized carbons (Fsp3) is 0.689. The van der Waals surface area contributed by atoms with E-state index in [0.717, 1.165) is 83.0 Å². The Morgan fingerprint density at radius 3 is 2.28 bits per heavy atom. The number of benzene rings is 2. The highest BCUT2D eigenvalue weighted by Crippen LogP contribution is 2.68. The Labute approximate surface area is 599 Å². The maximum Gasteiger partial charge on any atom is 0.407 e. The number of ether oxygens (including phenoxy) is 4. The molecule has 4 unspecified atom stereocenters. The van der Waals surface area contributed by atoms with Crippen molar-refractivity contribution in [3.63, 3.8) is 0 Å². The van der Waals surface area contributed by atoms with E-state index < -0.39 is 131 Å². The third kappa shape index (κ3) is 16.4. The summed E-state index contributed by atoms with van der Waals surface area (Å²) in [6, 6.07) is 11.4. The molecule has 6 aliphatic heterocycles. The van der Waals surface area contributed by atoms with Crippen molar-refractivity contribution in [3.05, 3.63) is 70.9 Å². The number of carboxylic acid groups (broad SMARTS) is 1. The van der Waals surface area contributed by atoms with Crippen LogP contribution in [-0.4, -0.2) is 237 Å². The molecule has 3 amide bonds. The van der Waals surface area contributed by atoms with E-state index in [4.69, 9.17) is 18.9 Å². The van der Waals surface area contributed by atoms with Crippen LogP contribution in [-0.2, 0) is 60.2 Å². The number of piperidine rings is 1. The molecule has 1 saturated carbocycles. The van der Waals surface area contributed by atoms with E-state index >= 15 is 4.79 Å². The van der Waals surface area contributed by atoms with Gasteiger partial charge in [-0.25, -0.2) is 4.79 Å². The van der Waals surface area contributed by atoms with Gasteiger partial charge in [-0.2, -0.15) is 0 Å². The zero-order valence-electron chi connectivity index (χ0n) is 59.4. The Kier molecular flexibility index (Phi) is 25.9. The summed E-state index contributed by atoms with van der Waals surface area (Å²) in [5.74, 6) is -4.24. The van der Waals surface area contributed by atoms with E-state index in [1.54, 1.807) is 7.11 Å². The monoisotopic (exact) mass is 1450 g/mol. The molecule has 11 N–H and O–H groups in total. The van der Waals surface area contributed by atoms with Crippen molar-refractivity contribution in [3.8, 4) is 5.75 Å².